The van der Waals surface area contributed by atoms with Crippen LogP contribution in [0.1, 0.15) is 61.1 Å². The molecule has 3 rings (SSSR count). The molecule has 2 fully saturated rings. The minimum atomic E-state index is -0.147. The van der Waals surface area contributed by atoms with Crippen LogP contribution in [0.15, 0.2) is 16.7 Å². The maximum atomic E-state index is 12.3. The highest BCUT2D eigenvalue weighted by Crippen LogP contribution is 2.26. The third-order valence-corrected chi connectivity index (χ3v) is 4.86. The number of carbonyl (C=O) groups is 2. The molecule has 120 valence electrons. The van der Waals surface area contributed by atoms with Crippen molar-refractivity contribution in [1.82, 2.24) is 10.2 Å². The monoisotopic (exact) mass is 304 g/mol. The summed E-state index contributed by atoms with van der Waals surface area (Å²) in [6.45, 7) is 2.42. The van der Waals surface area contributed by atoms with Gasteiger partial charge < -0.3 is 14.6 Å². The van der Waals surface area contributed by atoms with E-state index in [1.165, 1.54) is 31.9 Å². The lowest BCUT2D eigenvalue weighted by atomic mass is 10.1. The van der Waals surface area contributed by atoms with Gasteiger partial charge in [0.05, 0.1) is 17.9 Å². The Balaban J connectivity index is 1.59. The number of rotatable bonds is 3. The predicted octanol–water partition coefficient (Wildman–Crippen LogP) is 2.64. The summed E-state index contributed by atoms with van der Waals surface area (Å²) < 4.78 is 5.16. The lowest BCUT2D eigenvalue weighted by molar-refractivity contribution is -0.129. The van der Waals surface area contributed by atoms with Crippen LogP contribution in [0.3, 0.4) is 0 Å². The first-order valence-corrected chi connectivity index (χ1v) is 8.29. The van der Waals surface area contributed by atoms with E-state index in [0.717, 1.165) is 12.8 Å². The van der Waals surface area contributed by atoms with E-state index in [1.54, 1.807) is 13.0 Å². The SMILES string of the molecule is Cc1occc1C(=O)N[C@H]1CC(=O)N(C2CCCCCC2)C1. The van der Waals surface area contributed by atoms with Gasteiger partial charge in [0.25, 0.3) is 5.91 Å². The molecule has 0 aromatic carbocycles. The number of likely N-dealkylation sites (tertiary alicyclic amines) is 1. The van der Waals surface area contributed by atoms with Gasteiger partial charge in [-0.05, 0) is 25.8 Å². The van der Waals surface area contributed by atoms with Crippen molar-refractivity contribution in [1.29, 1.82) is 0 Å². The first kappa shape index (κ1) is 15.1. The van der Waals surface area contributed by atoms with Crippen LogP contribution in [0, 0.1) is 6.92 Å². The van der Waals surface area contributed by atoms with Crippen LogP contribution in [-0.4, -0.2) is 35.3 Å². The number of nitrogens with zero attached hydrogens (tertiary/aromatic N) is 1. The standard InChI is InChI=1S/C17H24N2O3/c1-12-15(8-9-22-12)17(21)18-13-10-16(20)19(11-13)14-6-4-2-3-5-7-14/h8-9,13-14H,2-7,10-11H2,1H3,(H,18,21)/t13-/m0/s1. The molecule has 2 heterocycles. The van der Waals surface area contributed by atoms with E-state index < -0.39 is 0 Å². The maximum Gasteiger partial charge on any atom is 0.255 e. The summed E-state index contributed by atoms with van der Waals surface area (Å²) in [6.07, 6.45) is 9.11. The highest BCUT2D eigenvalue weighted by molar-refractivity contribution is 5.95. The van der Waals surface area contributed by atoms with Crippen LogP contribution >= 0.6 is 0 Å². The molecule has 0 unspecified atom stereocenters. The van der Waals surface area contributed by atoms with Gasteiger partial charge in [-0.3, -0.25) is 9.59 Å². The zero-order valence-corrected chi connectivity index (χ0v) is 13.1. The molecule has 1 aliphatic heterocycles. The molecule has 5 heteroatoms. The summed E-state index contributed by atoms with van der Waals surface area (Å²) in [5.74, 6) is 0.648. The number of amides is 2. The summed E-state index contributed by atoms with van der Waals surface area (Å²) in [5.41, 5.74) is 0.556. The molecule has 1 saturated carbocycles. The number of carbonyl (C=O) groups excluding carboxylic acids is 2. The lowest BCUT2D eigenvalue weighted by Crippen LogP contribution is -2.40. The molecule has 2 aliphatic rings. The molecule has 1 aromatic heterocycles. The summed E-state index contributed by atoms with van der Waals surface area (Å²) in [7, 11) is 0. The molecule has 1 atom stereocenters. The number of aryl methyl sites for hydroxylation is 1. The van der Waals surface area contributed by atoms with Crippen LogP contribution < -0.4 is 5.32 Å². The van der Waals surface area contributed by atoms with Gasteiger partial charge in [-0.15, -0.1) is 0 Å². The van der Waals surface area contributed by atoms with Gasteiger partial charge in [-0.1, -0.05) is 25.7 Å². The average Bonchev–Trinajstić information content (AvgIpc) is 2.95. The van der Waals surface area contributed by atoms with Crippen molar-refractivity contribution in [2.75, 3.05) is 6.54 Å². The van der Waals surface area contributed by atoms with E-state index in [1.807, 2.05) is 4.90 Å². The average molecular weight is 304 g/mol. The predicted molar refractivity (Wildman–Crippen MR) is 82.5 cm³/mol. The van der Waals surface area contributed by atoms with Crippen LogP contribution in [-0.2, 0) is 4.79 Å². The number of hydrogen-bond donors (Lipinski definition) is 1. The van der Waals surface area contributed by atoms with Crippen molar-refractivity contribution in [3.05, 3.63) is 23.7 Å². The fourth-order valence-corrected chi connectivity index (χ4v) is 3.63. The van der Waals surface area contributed by atoms with Gasteiger partial charge in [0.15, 0.2) is 0 Å². The molecule has 0 bridgehead atoms. The van der Waals surface area contributed by atoms with Gasteiger partial charge in [0, 0.05) is 19.0 Å². The minimum Gasteiger partial charge on any atom is -0.469 e. The Kier molecular flexibility index (Phi) is 4.50. The Bertz CT molecular complexity index is 544. The molecule has 2 amide bonds. The molecule has 1 saturated heterocycles. The number of nitrogens with one attached hydrogen (secondary N) is 1. The molecular weight excluding hydrogens is 280 g/mol. The van der Waals surface area contributed by atoms with E-state index in [4.69, 9.17) is 4.42 Å². The van der Waals surface area contributed by atoms with Gasteiger partial charge in [0.2, 0.25) is 5.91 Å². The Labute approximate surface area is 131 Å². The minimum absolute atomic E-state index is 0.0856. The second-order valence-electron chi connectivity index (χ2n) is 6.46. The van der Waals surface area contributed by atoms with Crippen molar-refractivity contribution < 1.29 is 14.0 Å². The smallest absolute Gasteiger partial charge is 0.255 e. The summed E-state index contributed by atoms with van der Waals surface area (Å²) in [6, 6.07) is 1.95. The Hall–Kier alpha value is -1.78. The second-order valence-corrected chi connectivity index (χ2v) is 6.46. The van der Waals surface area contributed by atoms with Crippen molar-refractivity contribution in [3.8, 4) is 0 Å². The Morgan fingerprint density at radius 2 is 2.00 bits per heavy atom. The Morgan fingerprint density at radius 1 is 1.27 bits per heavy atom. The van der Waals surface area contributed by atoms with E-state index in [2.05, 4.69) is 5.32 Å². The molecule has 5 nitrogen and oxygen atoms in total. The van der Waals surface area contributed by atoms with E-state index in [-0.39, 0.29) is 17.9 Å². The van der Waals surface area contributed by atoms with Gasteiger partial charge in [0.1, 0.15) is 5.76 Å². The molecule has 1 N–H and O–H groups in total. The van der Waals surface area contributed by atoms with Gasteiger partial charge in [-0.2, -0.15) is 0 Å². The second kappa shape index (κ2) is 6.55. The van der Waals surface area contributed by atoms with E-state index in [0.29, 0.717) is 30.3 Å². The third-order valence-electron chi connectivity index (χ3n) is 4.86. The summed E-state index contributed by atoms with van der Waals surface area (Å²) in [4.78, 5) is 26.5. The van der Waals surface area contributed by atoms with Gasteiger partial charge in [-0.25, -0.2) is 0 Å². The molecule has 1 aliphatic carbocycles. The number of furan rings is 1. The topological polar surface area (TPSA) is 62.6 Å². The van der Waals surface area contributed by atoms with E-state index in [9.17, 15) is 9.59 Å². The molecule has 22 heavy (non-hydrogen) atoms. The number of hydrogen-bond acceptors (Lipinski definition) is 3. The Morgan fingerprint density at radius 3 is 2.64 bits per heavy atom. The molecule has 1 aromatic rings. The lowest BCUT2D eigenvalue weighted by Gasteiger charge is -2.27. The molecule has 0 radical (unpaired) electrons. The van der Waals surface area contributed by atoms with Crippen molar-refractivity contribution in [2.24, 2.45) is 0 Å². The highest BCUT2D eigenvalue weighted by atomic mass is 16.3. The van der Waals surface area contributed by atoms with Crippen LogP contribution in [0.2, 0.25) is 0 Å². The first-order valence-electron chi connectivity index (χ1n) is 8.29. The summed E-state index contributed by atoms with van der Waals surface area (Å²) in [5, 5.41) is 2.98. The van der Waals surface area contributed by atoms with E-state index >= 15 is 0 Å². The zero-order chi connectivity index (χ0) is 15.5. The molecule has 0 spiro atoms. The first-order chi connectivity index (χ1) is 10.6. The van der Waals surface area contributed by atoms with Crippen molar-refractivity contribution in [2.45, 2.75) is 64.0 Å². The summed E-state index contributed by atoms with van der Waals surface area (Å²) >= 11 is 0. The normalized spacial score (nSPS) is 23.6. The third kappa shape index (κ3) is 3.18. The van der Waals surface area contributed by atoms with Crippen LogP contribution in [0.5, 0.6) is 0 Å². The molecular formula is C17H24N2O3. The van der Waals surface area contributed by atoms with Crippen molar-refractivity contribution >= 4 is 11.8 Å². The largest absolute Gasteiger partial charge is 0.469 e. The van der Waals surface area contributed by atoms with Crippen molar-refractivity contribution in [3.63, 3.8) is 0 Å². The maximum absolute atomic E-state index is 12.3. The zero-order valence-electron chi connectivity index (χ0n) is 13.1. The fraction of sp³-hybridized carbons (Fsp3) is 0.647. The fourth-order valence-electron chi connectivity index (χ4n) is 3.63. The van der Waals surface area contributed by atoms with Gasteiger partial charge >= 0.3 is 0 Å². The quantitative estimate of drug-likeness (QED) is 0.873. The highest BCUT2D eigenvalue weighted by Gasteiger charge is 2.35. The van der Waals surface area contributed by atoms with Crippen LogP contribution in [0.25, 0.3) is 0 Å². The van der Waals surface area contributed by atoms with Crippen LogP contribution in [0.4, 0.5) is 0 Å².